The van der Waals surface area contributed by atoms with Gasteiger partial charge in [0.05, 0.1) is 5.69 Å². The summed E-state index contributed by atoms with van der Waals surface area (Å²) in [5.41, 5.74) is 2.52. The molecule has 2 atom stereocenters. The zero-order valence-electron chi connectivity index (χ0n) is 22.4. The molecule has 3 rings (SSSR count). The van der Waals surface area contributed by atoms with E-state index in [-0.39, 0.29) is 0 Å². The van der Waals surface area contributed by atoms with Gasteiger partial charge in [0.2, 0.25) is 0 Å². The molecule has 10 nitrogen and oxygen atoms in total. The van der Waals surface area contributed by atoms with Gasteiger partial charge in [-0.25, -0.2) is 14.4 Å². The maximum Gasteiger partial charge on any atom is 0.490 e. The molecule has 1 aliphatic heterocycles. The summed E-state index contributed by atoms with van der Waals surface area (Å²) in [4.78, 5) is 40.2. The van der Waals surface area contributed by atoms with Crippen LogP contribution in [0.5, 0.6) is 0 Å². The summed E-state index contributed by atoms with van der Waals surface area (Å²) < 4.78 is 95.2. The van der Waals surface area contributed by atoms with Gasteiger partial charge in [0, 0.05) is 43.8 Å². The Morgan fingerprint density at radius 1 is 0.814 bits per heavy atom. The van der Waals surface area contributed by atoms with E-state index in [1.165, 1.54) is 12.0 Å². The second-order valence-corrected chi connectivity index (χ2v) is 8.65. The standard InChI is InChI=1S/C18H24N4.3C2HF3O2/c1-21(2)17-8-12-22(14-16-5-3-4-9-20-16)18(17)13-15-6-10-19-11-7-15;3*3-2(4,5)1(6)7/h3-7,9-11,17-18H,8,12-14H2,1-2H3;3*(H,6,7)/t17-,18+;;;/m1.../s1. The van der Waals surface area contributed by atoms with Gasteiger partial charge in [0.15, 0.2) is 0 Å². The van der Waals surface area contributed by atoms with Crippen molar-refractivity contribution in [3.63, 3.8) is 0 Å². The van der Waals surface area contributed by atoms with Crippen molar-refractivity contribution < 1.29 is 69.2 Å². The highest BCUT2D eigenvalue weighted by Gasteiger charge is 2.39. The highest BCUT2D eigenvalue weighted by molar-refractivity contribution is 5.73. The van der Waals surface area contributed by atoms with Crippen molar-refractivity contribution in [2.75, 3.05) is 20.6 Å². The fourth-order valence-corrected chi connectivity index (χ4v) is 3.42. The molecule has 19 heteroatoms. The fourth-order valence-electron chi connectivity index (χ4n) is 3.42. The fraction of sp³-hybridized carbons (Fsp3) is 0.458. The molecule has 0 unspecified atom stereocenters. The van der Waals surface area contributed by atoms with Gasteiger partial charge in [-0.1, -0.05) is 6.07 Å². The van der Waals surface area contributed by atoms with Gasteiger partial charge in [-0.3, -0.25) is 14.9 Å². The van der Waals surface area contributed by atoms with Gasteiger partial charge in [-0.05, 0) is 56.8 Å². The van der Waals surface area contributed by atoms with Gasteiger partial charge in [-0.2, -0.15) is 39.5 Å². The maximum atomic E-state index is 10.6. The number of hydrogen-bond donors (Lipinski definition) is 3. The first-order chi connectivity index (χ1) is 19.6. The van der Waals surface area contributed by atoms with E-state index in [0.29, 0.717) is 12.1 Å². The number of hydrogen-bond acceptors (Lipinski definition) is 7. The second kappa shape index (κ2) is 17.2. The van der Waals surface area contributed by atoms with Crippen molar-refractivity contribution in [1.82, 2.24) is 19.8 Å². The van der Waals surface area contributed by atoms with E-state index in [0.717, 1.165) is 25.2 Å². The smallest absolute Gasteiger partial charge is 0.475 e. The van der Waals surface area contributed by atoms with Crippen LogP contribution in [0.1, 0.15) is 17.7 Å². The van der Waals surface area contributed by atoms with Crippen molar-refractivity contribution in [2.24, 2.45) is 0 Å². The van der Waals surface area contributed by atoms with E-state index in [4.69, 9.17) is 29.7 Å². The molecular formula is C24H27F9N4O6. The summed E-state index contributed by atoms with van der Waals surface area (Å²) in [5, 5.41) is 21.4. The van der Waals surface area contributed by atoms with Crippen LogP contribution in [0.25, 0.3) is 0 Å². The number of carbonyl (C=O) groups is 3. The number of carboxylic acid groups (broad SMARTS) is 3. The molecule has 242 valence electrons. The van der Waals surface area contributed by atoms with Crippen LogP contribution < -0.4 is 0 Å². The average Bonchev–Trinajstić information content (AvgIpc) is 3.27. The van der Waals surface area contributed by atoms with Gasteiger partial charge in [0.25, 0.3) is 0 Å². The molecule has 0 aliphatic carbocycles. The average molecular weight is 638 g/mol. The van der Waals surface area contributed by atoms with E-state index in [1.807, 2.05) is 24.7 Å². The highest BCUT2D eigenvalue weighted by atomic mass is 19.4. The predicted molar refractivity (Wildman–Crippen MR) is 130 cm³/mol. The van der Waals surface area contributed by atoms with Gasteiger partial charge in [0.1, 0.15) is 0 Å². The quantitative estimate of drug-likeness (QED) is 0.409. The minimum absolute atomic E-state index is 0.527. The molecule has 0 amide bonds. The minimum Gasteiger partial charge on any atom is -0.475 e. The van der Waals surface area contributed by atoms with Crippen molar-refractivity contribution in [2.45, 2.75) is 50.0 Å². The number of pyridine rings is 2. The summed E-state index contributed by atoms with van der Waals surface area (Å²) >= 11 is 0. The zero-order chi connectivity index (χ0) is 33.6. The van der Waals surface area contributed by atoms with Gasteiger partial charge < -0.3 is 20.2 Å². The summed E-state index contributed by atoms with van der Waals surface area (Å²) in [5.74, 6) is -8.27. The lowest BCUT2D eigenvalue weighted by atomic mass is 10.00. The Bertz CT molecular complexity index is 1080. The monoisotopic (exact) mass is 638 g/mol. The van der Waals surface area contributed by atoms with E-state index in [9.17, 15) is 39.5 Å². The van der Waals surface area contributed by atoms with Crippen LogP contribution in [-0.2, 0) is 27.3 Å². The lowest BCUT2D eigenvalue weighted by Gasteiger charge is -2.31. The van der Waals surface area contributed by atoms with E-state index < -0.39 is 36.4 Å². The van der Waals surface area contributed by atoms with Crippen molar-refractivity contribution in [1.29, 1.82) is 0 Å². The Morgan fingerprint density at radius 3 is 1.60 bits per heavy atom. The number of halogens is 9. The van der Waals surface area contributed by atoms with Crippen molar-refractivity contribution in [3.8, 4) is 0 Å². The molecule has 2 aromatic rings. The molecule has 0 aromatic carbocycles. The van der Waals surface area contributed by atoms with Crippen LogP contribution in [0.3, 0.4) is 0 Å². The van der Waals surface area contributed by atoms with Crippen LogP contribution in [0.4, 0.5) is 39.5 Å². The predicted octanol–water partition coefficient (Wildman–Crippen LogP) is 4.12. The SMILES string of the molecule is CN(C)[C@@H]1CCN(Cc2ccccn2)[C@H]1Cc1ccncc1.O=C(O)C(F)(F)F.O=C(O)C(F)(F)F.O=C(O)C(F)(F)F. The molecular weight excluding hydrogens is 611 g/mol. The van der Waals surface area contributed by atoms with Crippen LogP contribution >= 0.6 is 0 Å². The van der Waals surface area contributed by atoms with Crippen molar-refractivity contribution >= 4 is 17.9 Å². The maximum absolute atomic E-state index is 10.6. The van der Waals surface area contributed by atoms with E-state index in [2.05, 4.69) is 58.1 Å². The zero-order valence-corrected chi connectivity index (χ0v) is 22.4. The normalized spacial score (nSPS) is 16.9. The molecule has 1 aliphatic rings. The Hall–Kier alpha value is -4.00. The molecule has 0 radical (unpaired) electrons. The minimum atomic E-state index is -5.08. The topological polar surface area (TPSA) is 144 Å². The molecule has 3 heterocycles. The molecule has 43 heavy (non-hydrogen) atoms. The molecule has 1 fully saturated rings. The molecule has 2 aromatic heterocycles. The molecule has 0 spiro atoms. The first kappa shape index (κ1) is 39.0. The molecule has 3 N–H and O–H groups in total. The number of rotatable bonds is 5. The Morgan fingerprint density at radius 2 is 1.26 bits per heavy atom. The number of aliphatic carboxylic acids is 3. The Labute approximate surface area is 238 Å². The second-order valence-electron chi connectivity index (χ2n) is 8.65. The summed E-state index contributed by atoms with van der Waals surface area (Å²) in [6.45, 7) is 2.07. The first-order valence-corrected chi connectivity index (χ1v) is 11.7. The van der Waals surface area contributed by atoms with Gasteiger partial charge >= 0.3 is 36.4 Å². The third-order valence-electron chi connectivity index (χ3n) is 5.30. The molecule has 0 saturated carbocycles. The lowest BCUT2D eigenvalue weighted by Crippen LogP contribution is -2.43. The summed E-state index contributed by atoms with van der Waals surface area (Å²) in [7, 11) is 4.38. The van der Waals surface area contributed by atoms with Crippen LogP contribution in [0, 0.1) is 0 Å². The van der Waals surface area contributed by atoms with Crippen LogP contribution in [0.15, 0.2) is 48.9 Å². The third-order valence-corrected chi connectivity index (χ3v) is 5.30. The number of nitrogens with zero attached hydrogens (tertiary/aromatic N) is 4. The number of likely N-dealkylation sites (N-methyl/N-ethyl adjacent to an activating group) is 1. The lowest BCUT2D eigenvalue weighted by molar-refractivity contribution is -0.193. The van der Waals surface area contributed by atoms with Crippen molar-refractivity contribution in [3.05, 3.63) is 60.2 Å². The van der Waals surface area contributed by atoms with E-state index >= 15 is 0 Å². The van der Waals surface area contributed by atoms with Crippen LogP contribution in [-0.4, -0.2) is 104 Å². The highest BCUT2D eigenvalue weighted by Crippen LogP contribution is 2.26. The number of carboxylic acids is 3. The largest absolute Gasteiger partial charge is 0.490 e. The Kier molecular flexibility index (Phi) is 15.6. The summed E-state index contributed by atoms with van der Waals surface area (Å²) in [6.07, 6.45) is -7.31. The number of aromatic nitrogens is 2. The van der Waals surface area contributed by atoms with Crippen LogP contribution in [0.2, 0.25) is 0 Å². The number of likely N-dealkylation sites (tertiary alicyclic amines) is 1. The van der Waals surface area contributed by atoms with E-state index in [1.54, 1.807) is 0 Å². The number of alkyl halides is 9. The molecule has 1 saturated heterocycles. The summed E-state index contributed by atoms with van der Waals surface area (Å²) in [6, 6.07) is 11.5. The first-order valence-electron chi connectivity index (χ1n) is 11.7. The Balaban J connectivity index is 0.000000690. The van der Waals surface area contributed by atoms with Gasteiger partial charge in [-0.15, -0.1) is 0 Å². The third kappa shape index (κ3) is 16.3. The molecule has 0 bridgehead atoms.